The molecule has 0 spiro atoms. The van der Waals surface area contributed by atoms with Crippen molar-refractivity contribution in [2.24, 2.45) is 0 Å². The van der Waals surface area contributed by atoms with Gasteiger partial charge in [0.15, 0.2) is 0 Å². The maximum Gasteiger partial charge on any atom is 0.339 e. The molecule has 0 unspecified atom stereocenters. The third-order valence-corrected chi connectivity index (χ3v) is 3.70. The minimum Gasteiger partial charge on any atom is -0.483 e. The number of cyclic esters (lactones) is 1. The quantitative estimate of drug-likeness (QED) is 0.860. The van der Waals surface area contributed by atoms with E-state index < -0.39 is 0 Å². The van der Waals surface area contributed by atoms with Crippen molar-refractivity contribution >= 4 is 12.0 Å². The molecule has 0 aliphatic carbocycles. The minimum absolute atomic E-state index is 0.131. The number of carbonyl (C=O) groups is 1. The van der Waals surface area contributed by atoms with E-state index in [4.69, 9.17) is 14.6 Å². The number of fused-ring (bicyclic) bond motifs is 3. The molecule has 1 aromatic carbocycles. The van der Waals surface area contributed by atoms with E-state index in [2.05, 4.69) is 6.08 Å². The Morgan fingerprint density at radius 2 is 2.20 bits per heavy atom. The van der Waals surface area contributed by atoms with Gasteiger partial charge < -0.3 is 14.6 Å². The number of aryl methyl sites for hydroxylation is 1. The molecule has 2 aliphatic rings. The molecule has 4 heteroatoms. The zero-order valence-corrected chi connectivity index (χ0v) is 11.7. The van der Waals surface area contributed by atoms with Crippen molar-refractivity contribution in [3.05, 3.63) is 34.4 Å². The van der Waals surface area contributed by atoms with Gasteiger partial charge in [0, 0.05) is 17.7 Å². The van der Waals surface area contributed by atoms with Crippen LogP contribution in [0.2, 0.25) is 0 Å². The number of hydrogen-bond donors (Lipinski definition) is 1. The molecular formula is C16H18O4. The van der Waals surface area contributed by atoms with Crippen LogP contribution in [0.15, 0.2) is 12.1 Å². The van der Waals surface area contributed by atoms with E-state index in [9.17, 15) is 4.79 Å². The summed E-state index contributed by atoms with van der Waals surface area (Å²) >= 11 is 0. The highest BCUT2D eigenvalue weighted by Gasteiger charge is 2.32. The van der Waals surface area contributed by atoms with Crippen LogP contribution in [0.4, 0.5) is 0 Å². The van der Waals surface area contributed by atoms with Crippen LogP contribution in [0.25, 0.3) is 6.08 Å². The number of aliphatic hydroxyl groups excluding tert-OH is 1. The Morgan fingerprint density at radius 1 is 1.40 bits per heavy atom. The average molecular weight is 274 g/mol. The smallest absolute Gasteiger partial charge is 0.339 e. The Hall–Kier alpha value is -1.81. The number of carbonyl (C=O) groups excluding carboxylic acids is 1. The van der Waals surface area contributed by atoms with Crippen LogP contribution in [-0.2, 0) is 17.8 Å². The zero-order valence-electron chi connectivity index (χ0n) is 11.7. The summed E-state index contributed by atoms with van der Waals surface area (Å²) in [5.41, 5.74) is 3.09. The second-order valence-corrected chi connectivity index (χ2v) is 5.75. The summed E-state index contributed by atoms with van der Waals surface area (Å²) in [6.45, 7) is 4.38. The van der Waals surface area contributed by atoms with Gasteiger partial charge in [-0.15, -0.1) is 0 Å². The fourth-order valence-electron chi connectivity index (χ4n) is 2.67. The average Bonchev–Trinajstić information content (AvgIpc) is 2.77. The standard InChI is InChI=1S/C16H18O4/c1-16(2)6-5-11-10(4-3-7-17)8-12-13(14(11)20-16)9-19-15(12)18/h5-6,8,17H,3-4,7,9H2,1-2H3. The van der Waals surface area contributed by atoms with E-state index in [1.807, 2.05) is 26.0 Å². The first-order valence-electron chi connectivity index (χ1n) is 6.87. The third kappa shape index (κ3) is 2.10. The van der Waals surface area contributed by atoms with Gasteiger partial charge in [-0.3, -0.25) is 0 Å². The molecule has 0 atom stereocenters. The van der Waals surface area contributed by atoms with Gasteiger partial charge in [0.2, 0.25) is 0 Å². The van der Waals surface area contributed by atoms with Gasteiger partial charge in [-0.05, 0) is 44.4 Å². The second-order valence-electron chi connectivity index (χ2n) is 5.75. The van der Waals surface area contributed by atoms with Gasteiger partial charge in [-0.25, -0.2) is 4.79 Å². The van der Waals surface area contributed by atoms with Gasteiger partial charge in [-0.2, -0.15) is 0 Å². The summed E-state index contributed by atoms with van der Waals surface area (Å²) in [7, 11) is 0. The number of rotatable bonds is 3. The van der Waals surface area contributed by atoms with Crippen LogP contribution >= 0.6 is 0 Å². The summed E-state index contributed by atoms with van der Waals surface area (Å²) in [6, 6.07) is 1.88. The molecule has 20 heavy (non-hydrogen) atoms. The zero-order chi connectivity index (χ0) is 14.3. The van der Waals surface area contributed by atoms with Crippen molar-refractivity contribution in [2.45, 2.75) is 38.9 Å². The number of ether oxygens (including phenoxy) is 2. The van der Waals surface area contributed by atoms with Crippen LogP contribution in [0.3, 0.4) is 0 Å². The lowest BCUT2D eigenvalue weighted by molar-refractivity contribution is 0.0532. The molecule has 0 fully saturated rings. The Bertz CT molecular complexity index is 599. The van der Waals surface area contributed by atoms with Gasteiger partial charge in [0.1, 0.15) is 18.0 Å². The summed E-state index contributed by atoms with van der Waals surface area (Å²) < 4.78 is 11.2. The van der Waals surface area contributed by atoms with Crippen LogP contribution in [0, 0.1) is 0 Å². The molecule has 0 amide bonds. The molecule has 3 rings (SSSR count). The first-order valence-corrected chi connectivity index (χ1v) is 6.87. The molecule has 0 aromatic heterocycles. The number of esters is 1. The van der Waals surface area contributed by atoms with Crippen LogP contribution < -0.4 is 4.74 Å². The molecule has 106 valence electrons. The van der Waals surface area contributed by atoms with Crippen molar-refractivity contribution in [2.75, 3.05) is 6.61 Å². The normalized spacial score (nSPS) is 18.2. The van der Waals surface area contributed by atoms with Crippen molar-refractivity contribution < 1.29 is 19.4 Å². The van der Waals surface area contributed by atoms with Crippen molar-refractivity contribution in [3.8, 4) is 5.75 Å². The predicted octanol–water partition coefficient (Wildman–Crippen LogP) is 2.47. The van der Waals surface area contributed by atoms with Crippen LogP contribution in [-0.4, -0.2) is 23.3 Å². The van der Waals surface area contributed by atoms with E-state index in [-0.39, 0.29) is 24.8 Å². The highest BCUT2D eigenvalue weighted by atomic mass is 16.5. The fraction of sp³-hybridized carbons (Fsp3) is 0.438. The van der Waals surface area contributed by atoms with Crippen LogP contribution in [0.5, 0.6) is 5.75 Å². The largest absolute Gasteiger partial charge is 0.483 e. The molecule has 0 saturated heterocycles. The van der Waals surface area contributed by atoms with E-state index in [1.54, 1.807) is 0 Å². The maximum atomic E-state index is 11.8. The van der Waals surface area contributed by atoms with Gasteiger partial charge >= 0.3 is 5.97 Å². The molecule has 2 aliphatic heterocycles. The van der Waals surface area contributed by atoms with Crippen molar-refractivity contribution in [3.63, 3.8) is 0 Å². The lowest BCUT2D eigenvalue weighted by Crippen LogP contribution is -2.28. The summed E-state index contributed by atoms with van der Waals surface area (Å²) in [5, 5.41) is 9.02. The Kier molecular flexibility index (Phi) is 3.05. The van der Waals surface area contributed by atoms with Gasteiger partial charge in [-0.1, -0.05) is 6.08 Å². The summed E-state index contributed by atoms with van der Waals surface area (Å²) in [6.07, 6.45) is 5.45. The first-order chi connectivity index (χ1) is 9.52. The molecular weight excluding hydrogens is 256 g/mol. The Labute approximate surface area is 118 Å². The highest BCUT2D eigenvalue weighted by molar-refractivity contribution is 5.95. The lowest BCUT2D eigenvalue weighted by Gasteiger charge is -2.30. The Balaban J connectivity index is 2.14. The molecule has 0 radical (unpaired) electrons. The van der Waals surface area contributed by atoms with E-state index in [1.165, 1.54) is 0 Å². The molecule has 4 nitrogen and oxygen atoms in total. The topological polar surface area (TPSA) is 55.8 Å². The lowest BCUT2D eigenvalue weighted by atomic mass is 9.91. The Morgan fingerprint density at radius 3 is 2.95 bits per heavy atom. The maximum absolute atomic E-state index is 11.8. The highest BCUT2D eigenvalue weighted by Crippen LogP contribution is 2.41. The second kappa shape index (κ2) is 4.63. The van der Waals surface area contributed by atoms with E-state index >= 15 is 0 Å². The number of hydrogen-bond acceptors (Lipinski definition) is 4. The predicted molar refractivity (Wildman–Crippen MR) is 74.7 cm³/mol. The SMILES string of the molecule is CC1(C)C=Cc2c(CCCO)cc3c(c2O1)COC3=O. The molecule has 1 N–H and O–H groups in total. The fourth-order valence-corrected chi connectivity index (χ4v) is 2.67. The number of aliphatic hydroxyl groups is 1. The van der Waals surface area contributed by atoms with Gasteiger partial charge in [0.05, 0.1) is 5.56 Å². The van der Waals surface area contributed by atoms with E-state index in [0.29, 0.717) is 18.4 Å². The monoisotopic (exact) mass is 274 g/mol. The van der Waals surface area contributed by atoms with E-state index in [0.717, 1.165) is 22.4 Å². The summed E-state index contributed by atoms with van der Waals surface area (Å²) in [4.78, 5) is 11.8. The van der Waals surface area contributed by atoms with Gasteiger partial charge in [0.25, 0.3) is 0 Å². The minimum atomic E-state index is -0.387. The summed E-state index contributed by atoms with van der Waals surface area (Å²) in [5.74, 6) is 0.470. The number of benzene rings is 1. The third-order valence-electron chi connectivity index (χ3n) is 3.70. The molecule has 1 aromatic rings. The molecule has 0 saturated carbocycles. The van der Waals surface area contributed by atoms with Crippen LogP contribution in [0.1, 0.15) is 47.3 Å². The first kappa shape index (κ1) is 13.2. The molecule has 0 bridgehead atoms. The van der Waals surface area contributed by atoms with Crippen molar-refractivity contribution in [1.29, 1.82) is 0 Å². The molecule has 2 heterocycles. The van der Waals surface area contributed by atoms with Crippen molar-refractivity contribution in [1.82, 2.24) is 0 Å².